The van der Waals surface area contributed by atoms with Crippen LogP contribution >= 0.6 is 0 Å². The molecule has 0 unspecified atom stereocenters. The summed E-state index contributed by atoms with van der Waals surface area (Å²) in [4.78, 5) is 41.1. The molecular weight excluding hydrogens is 454 g/mol. The van der Waals surface area contributed by atoms with Crippen molar-refractivity contribution in [3.05, 3.63) is 65.7 Å². The maximum Gasteiger partial charge on any atom is 0.243 e. The largest absolute Gasteiger partial charge is 0.354 e. The minimum Gasteiger partial charge on any atom is -0.354 e. The number of carbonyl (C=O) groups excluding carboxylic acids is 3. The van der Waals surface area contributed by atoms with Gasteiger partial charge in [0.25, 0.3) is 0 Å². The molecule has 2 atom stereocenters. The van der Waals surface area contributed by atoms with Crippen LogP contribution in [0.25, 0.3) is 0 Å². The summed E-state index contributed by atoms with van der Waals surface area (Å²) in [5, 5.41) is 12.0. The van der Waals surface area contributed by atoms with Crippen molar-refractivity contribution in [2.45, 2.75) is 70.3 Å². The van der Waals surface area contributed by atoms with Crippen molar-refractivity contribution in [2.75, 3.05) is 12.0 Å². The number of amides is 3. The first-order chi connectivity index (χ1) is 17.5. The van der Waals surface area contributed by atoms with Gasteiger partial charge in [0.15, 0.2) is 0 Å². The number of anilines is 1. The van der Waals surface area contributed by atoms with Gasteiger partial charge in [-0.25, -0.2) is 0 Å². The molecule has 36 heavy (non-hydrogen) atoms. The maximum absolute atomic E-state index is 13.4. The highest BCUT2D eigenvalue weighted by Gasteiger charge is 2.45. The van der Waals surface area contributed by atoms with Crippen LogP contribution in [-0.4, -0.2) is 40.4 Å². The van der Waals surface area contributed by atoms with Crippen LogP contribution < -0.4 is 10.8 Å². The summed E-state index contributed by atoms with van der Waals surface area (Å²) in [6.07, 6.45) is 8.22. The first kappa shape index (κ1) is 25.9. The van der Waals surface area contributed by atoms with Crippen LogP contribution in [0.4, 0.5) is 5.69 Å². The Morgan fingerprint density at radius 2 is 1.64 bits per heavy atom. The van der Waals surface area contributed by atoms with Crippen molar-refractivity contribution >= 4 is 23.4 Å². The van der Waals surface area contributed by atoms with E-state index in [2.05, 4.69) is 10.8 Å². The quantitative estimate of drug-likeness (QED) is 0.318. The van der Waals surface area contributed by atoms with Crippen LogP contribution in [0.3, 0.4) is 0 Å². The van der Waals surface area contributed by atoms with E-state index < -0.39 is 12.0 Å². The van der Waals surface area contributed by atoms with Gasteiger partial charge in [0, 0.05) is 18.9 Å². The highest BCUT2D eigenvalue weighted by atomic mass is 16.5. The molecule has 2 aromatic rings. The zero-order valence-electron chi connectivity index (χ0n) is 20.8. The van der Waals surface area contributed by atoms with Gasteiger partial charge in [-0.3, -0.25) is 30.0 Å². The van der Waals surface area contributed by atoms with Crippen molar-refractivity contribution < 1.29 is 19.6 Å². The molecule has 0 aromatic heterocycles. The summed E-state index contributed by atoms with van der Waals surface area (Å²) in [6, 6.07) is 16.6. The van der Waals surface area contributed by atoms with E-state index in [1.807, 2.05) is 42.5 Å². The molecule has 7 nitrogen and oxygen atoms in total. The Kier molecular flexibility index (Phi) is 9.11. The van der Waals surface area contributed by atoms with E-state index in [1.165, 1.54) is 11.3 Å². The number of rotatable bonds is 11. The molecule has 4 rings (SSSR count). The Morgan fingerprint density at radius 1 is 0.944 bits per heavy atom. The normalized spacial score (nSPS) is 19.4. The first-order valence-electron chi connectivity index (χ1n) is 13.2. The number of carbonyl (C=O) groups is 3. The minimum absolute atomic E-state index is 0.160. The first-order valence-corrected chi connectivity index (χ1v) is 13.2. The Morgan fingerprint density at radius 3 is 2.33 bits per heavy atom. The van der Waals surface area contributed by atoms with Crippen molar-refractivity contribution in [3.8, 4) is 0 Å². The van der Waals surface area contributed by atoms with Crippen LogP contribution in [0.1, 0.15) is 62.5 Å². The lowest BCUT2D eigenvalue weighted by Gasteiger charge is -2.31. The van der Waals surface area contributed by atoms with E-state index in [4.69, 9.17) is 5.21 Å². The molecule has 1 saturated carbocycles. The zero-order chi connectivity index (χ0) is 25.3. The number of nitrogens with one attached hydrogen (secondary N) is 2. The molecule has 0 bridgehead atoms. The Labute approximate surface area is 213 Å². The molecule has 1 aliphatic carbocycles. The SMILES string of the molecule is O=C(NCCc1ccccc1)[C@H](CC1CCCCC1)N1C(=O)C[C@@H](CCc2ccc(NO)cc2)C1=O. The third kappa shape index (κ3) is 6.72. The molecule has 1 heterocycles. The summed E-state index contributed by atoms with van der Waals surface area (Å²) >= 11 is 0. The fraction of sp³-hybridized carbons (Fsp3) is 0.483. The summed E-state index contributed by atoms with van der Waals surface area (Å²) in [6.45, 7) is 0.475. The zero-order valence-corrected chi connectivity index (χ0v) is 20.8. The van der Waals surface area contributed by atoms with Crippen LogP contribution in [0.15, 0.2) is 54.6 Å². The van der Waals surface area contributed by atoms with Crippen LogP contribution in [0.5, 0.6) is 0 Å². The number of imide groups is 1. The number of likely N-dealkylation sites (tertiary alicyclic amines) is 1. The number of nitrogens with zero attached hydrogens (tertiary/aromatic N) is 1. The molecule has 2 aromatic carbocycles. The average Bonchev–Trinajstić information content (AvgIpc) is 3.20. The second-order valence-electron chi connectivity index (χ2n) is 10.1. The smallest absolute Gasteiger partial charge is 0.243 e. The number of aryl methyl sites for hydroxylation is 1. The summed E-state index contributed by atoms with van der Waals surface area (Å²) in [5.74, 6) is -0.705. The van der Waals surface area contributed by atoms with Crippen LogP contribution in [0, 0.1) is 11.8 Å². The minimum atomic E-state index is -0.733. The van der Waals surface area contributed by atoms with E-state index in [9.17, 15) is 14.4 Å². The van der Waals surface area contributed by atoms with E-state index in [0.29, 0.717) is 43.8 Å². The number of hydrogen-bond acceptors (Lipinski definition) is 5. The molecule has 0 radical (unpaired) electrons. The Bertz CT molecular complexity index is 1020. The van der Waals surface area contributed by atoms with Gasteiger partial charge in [-0.05, 0) is 54.9 Å². The lowest BCUT2D eigenvalue weighted by atomic mass is 9.84. The van der Waals surface area contributed by atoms with E-state index in [1.54, 1.807) is 12.1 Å². The summed E-state index contributed by atoms with van der Waals surface area (Å²) < 4.78 is 0. The third-order valence-corrected chi connectivity index (χ3v) is 7.59. The second-order valence-corrected chi connectivity index (χ2v) is 10.1. The lowest BCUT2D eigenvalue weighted by Crippen LogP contribution is -2.51. The van der Waals surface area contributed by atoms with Gasteiger partial charge in [-0.15, -0.1) is 0 Å². The van der Waals surface area contributed by atoms with E-state index in [0.717, 1.165) is 36.8 Å². The fourth-order valence-corrected chi connectivity index (χ4v) is 5.52. The van der Waals surface area contributed by atoms with E-state index >= 15 is 0 Å². The molecular formula is C29H37N3O4. The fourth-order valence-electron chi connectivity index (χ4n) is 5.52. The summed E-state index contributed by atoms with van der Waals surface area (Å²) in [7, 11) is 0. The van der Waals surface area contributed by atoms with Gasteiger partial charge < -0.3 is 5.32 Å². The number of benzene rings is 2. The molecule has 3 amide bonds. The second kappa shape index (κ2) is 12.7. The molecule has 1 aliphatic heterocycles. The predicted molar refractivity (Wildman–Crippen MR) is 138 cm³/mol. The van der Waals surface area contributed by atoms with Gasteiger partial charge in [-0.2, -0.15) is 0 Å². The topological polar surface area (TPSA) is 98.7 Å². The molecule has 2 aliphatic rings. The molecule has 3 N–H and O–H groups in total. The maximum atomic E-state index is 13.4. The summed E-state index contributed by atoms with van der Waals surface area (Å²) in [5.41, 5.74) is 4.87. The lowest BCUT2D eigenvalue weighted by molar-refractivity contribution is -0.148. The Balaban J connectivity index is 1.40. The molecule has 7 heteroatoms. The van der Waals surface area contributed by atoms with Crippen molar-refractivity contribution in [2.24, 2.45) is 11.8 Å². The monoisotopic (exact) mass is 491 g/mol. The standard InChI is InChI=1S/C29H37N3O4/c33-27-20-24(14-11-22-12-15-25(31-36)16-13-22)29(35)32(27)26(19-23-9-5-2-6-10-23)28(34)30-18-17-21-7-3-1-4-8-21/h1,3-4,7-8,12-13,15-16,23-24,26,31,36H,2,5-6,9-11,14,17-20H2,(H,30,34)/t24-,26+/m1/s1. The number of hydrogen-bond donors (Lipinski definition) is 3. The average molecular weight is 492 g/mol. The Hall–Kier alpha value is -3.19. The van der Waals surface area contributed by atoms with Gasteiger partial charge in [0.1, 0.15) is 6.04 Å². The molecule has 0 spiro atoms. The van der Waals surface area contributed by atoms with Gasteiger partial charge >= 0.3 is 0 Å². The van der Waals surface area contributed by atoms with Crippen molar-refractivity contribution in [1.29, 1.82) is 0 Å². The van der Waals surface area contributed by atoms with Gasteiger partial charge in [-0.1, -0.05) is 74.6 Å². The third-order valence-electron chi connectivity index (χ3n) is 7.59. The predicted octanol–water partition coefficient (Wildman–Crippen LogP) is 4.49. The molecule has 2 fully saturated rings. The van der Waals surface area contributed by atoms with Crippen molar-refractivity contribution in [1.82, 2.24) is 10.2 Å². The van der Waals surface area contributed by atoms with Crippen LogP contribution in [-0.2, 0) is 27.2 Å². The molecule has 1 saturated heterocycles. The highest BCUT2D eigenvalue weighted by Crippen LogP contribution is 2.32. The highest BCUT2D eigenvalue weighted by molar-refractivity contribution is 6.07. The van der Waals surface area contributed by atoms with Gasteiger partial charge in [0.05, 0.1) is 5.69 Å². The van der Waals surface area contributed by atoms with Crippen molar-refractivity contribution in [3.63, 3.8) is 0 Å². The van der Waals surface area contributed by atoms with Gasteiger partial charge in [0.2, 0.25) is 17.7 Å². The van der Waals surface area contributed by atoms with Crippen LogP contribution in [0.2, 0.25) is 0 Å². The molecule has 192 valence electrons. The van der Waals surface area contributed by atoms with E-state index in [-0.39, 0.29) is 24.1 Å².